The van der Waals surface area contributed by atoms with Crippen LogP contribution in [0.3, 0.4) is 0 Å². The fourth-order valence-electron chi connectivity index (χ4n) is 4.77. The first-order chi connectivity index (χ1) is 11.8. The minimum Gasteiger partial charge on any atom is -0.444 e. The van der Waals surface area contributed by atoms with Crippen molar-refractivity contribution in [3.8, 4) is 0 Å². The molecule has 1 aromatic rings. The molecular formula is C20H29N3O2. The molecule has 1 amide bonds. The van der Waals surface area contributed by atoms with E-state index in [0.717, 1.165) is 38.8 Å². The number of hydrogen-bond acceptors (Lipinski definition) is 4. The van der Waals surface area contributed by atoms with E-state index in [2.05, 4.69) is 34.9 Å². The zero-order valence-corrected chi connectivity index (χ0v) is 15.5. The number of amides is 1. The highest BCUT2D eigenvalue weighted by molar-refractivity contribution is 5.69. The first-order valence-electron chi connectivity index (χ1n) is 9.39. The van der Waals surface area contributed by atoms with Gasteiger partial charge in [-0.1, -0.05) is 24.3 Å². The molecule has 1 aromatic carbocycles. The molecule has 25 heavy (non-hydrogen) atoms. The molecule has 2 heterocycles. The summed E-state index contributed by atoms with van der Waals surface area (Å²) in [5, 5.41) is 7.17. The highest BCUT2D eigenvalue weighted by Gasteiger charge is 2.52. The average Bonchev–Trinajstić information content (AvgIpc) is 3.12. The molecule has 0 radical (unpaired) electrons. The molecule has 5 heteroatoms. The summed E-state index contributed by atoms with van der Waals surface area (Å²) in [5.74, 6) is 0. The second-order valence-electron chi connectivity index (χ2n) is 8.81. The van der Waals surface area contributed by atoms with Crippen LogP contribution in [0.1, 0.15) is 57.6 Å². The maximum absolute atomic E-state index is 12.7. The van der Waals surface area contributed by atoms with Crippen molar-refractivity contribution in [1.29, 1.82) is 0 Å². The van der Waals surface area contributed by atoms with Gasteiger partial charge in [0.05, 0.1) is 12.2 Å². The topological polar surface area (TPSA) is 53.6 Å². The van der Waals surface area contributed by atoms with Gasteiger partial charge in [0, 0.05) is 18.6 Å². The Labute approximate surface area is 150 Å². The molecule has 2 spiro atoms. The Morgan fingerprint density at radius 2 is 1.88 bits per heavy atom. The van der Waals surface area contributed by atoms with Crippen molar-refractivity contribution in [2.45, 2.75) is 69.7 Å². The van der Waals surface area contributed by atoms with Gasteiger partial charge in [-0.15, -0.1) is 0 Å². The minimum absolute atomic E-state index is 0.0873. The number of benzene rings is 1. The van der Waals surface area contributed by atoms with Crippen LogP contribution < -0.4 is 10.6 Å². The standard InChI is InChI=1S/C20H29N3O2/c1-18(2,3)25-17(24)23-14-21-13-19(23)8-10-20(11-9-19)16-7-5-4-6-15(16)12-22-20/h4-7,21-22H,8-14H2,1-3H3. The summed E-state index contributed by atoms with van der Waals surface area (Å²) in [5.41, 5.74) is 2.41. The lowest BCUT2D eigenvalue weighted by atomic mass is 9.69. The number of hydrogen-bond donors (Lipinski definition) is 2. The number of ether oxygens (including phenoxy) is 1. The van der Waals surface area contributed by atoms with E-state index in [1.165, 1.54) is 11.1 Å². The molecule has 3 aliphatic rings. The number of rotatable bonds is 0. The summed E-state index contributed by atoms with van der Waals surface area (Å²) in [6.07, 6.45) is 3.94. The van der Waals surface area contributed by atoms with E-state index >= 15 is 0 Å². The van der Waals surface area contributed by atoms with E-state index in [9.17, 15) is 4.79 Å². The largest absolute Gasteiger partial charge is 0.444 e. The lowest BCUT2D eigenvalue weighted by molar-refractivity contribution is -0.00413. The van der Waals surface area contributed by atoms with E-state index in [1.807, 2.05) is 25.7 Å². The van der Waals surface area contributed by atoms with Gasteiger partial charge in [-0.3, -0.25) is 10.2 Å². The van der Waals surface area contributed by atoms with Gasteiger partial charge in [0.2, 0.25) is 0 Å². The van der Waals surface area contributed by atoms with Crippen LogP contribution in [0.25, 0.3) is 0 Å². The number of carbonyl (C=O) groups excluding carboxylic acids is 1. The Morgan fingerprint density at radius 1 is 1.16 bits per heavy atom. The van der Waals surface area contributed by atoms with Crippen LogP contribution in [0, 0.1) is 0 Å². The fraction of sp³-hybridized carbons (Fsp3) is 0.650. The maximum Gasteiger partial charge on any atom is 0.411 e. The van der Waals surface area contributed by atoms with Crippen LogP contribution in [0.15, 0.2) is 24.3 Å². The zero-order valence-electron chi connectivity index (χ0n) is 15.5. The van der Waals surface area contributed by atoms with Gasteiger partial charge in [0.25, 0.3) is 0 Å². The van der Waals surface area contributed by atoms with Crippen LogP contribution in [0.5, 0.6) is 0 Å². The van der Waals surface area contributed by atoms with Crippen molar-refractivity contribution >= 4 is 6.09 Å². The fourth-order valence-corrected chi connectivity index (χ4v) is 4.77. The second kappa shape index (κ2) is 5.71. The first kappa shape index (κ1) is 16.9. The third kappa shape index (κ3) is 2.83. The molecule has 0 aromatic heterocycles. The summed E-state index contributed by atoms with van der Waals surface area (Å²) in [6.45, 7) is 8.19. The average molecular weight is 343 g/mol. The molecule has 4 rings (SSSR count). The van der Waals surface area contributed by atoms with Gasteiger partial charge in [-0.25, -0.2) is 4.79 Å². The molecule has 0 unspecified atom stereocenters. The van der Waals surface area contributed by atoms with Gasteiger partial charge < -0.3 is 10.1 Å². The SMILES string of the molecule is CC(C)(C)OC(=O)N1CNCC12CCC1(CC2)NCc2ccccc21. The quantitative estimate of drug-likeness (QED) is 0.760. The lowest BCUT2D eigenvalue weighted by Gasteiger charge is -2.47. The lowest BCUT2D eigenvalue weighted by Crippen LogP contribution is -2.56. The van der Waals surface area contributed by atoms with Gasteiger partial charge in [0.1, 0.15) is 5.60 Å². The van der Waals surface area contributed by atoms with Crippen LogP contribution in [-0.4, -0.2) is 35.3 Å². The second-order valence-corrected chi connectivity index (χ2v) is 8.81. The molecule has 0 atom stereocenters. The predicted molar refractivity (Wildman–Crippen MR) is 97.1 cm³/mol. The molecule has 1 saturated heterocycles. The van der Waals surface area contributed by atoms with E-state index in [-0.39, 0.29) is 17.2 Å². The molecule has 1 aliphatic carbocycles. The maximum atomic E-state index is 12.7. The van der Waals surface area contributed by atoms with Crippen LogP contribution in [0.2, 0.25) is 0 Å². The minimum atomic E-state index is -0.456. The number of carbonyl (C=O) groups is 1. The van der Waals surface area contributed by atoms with E-state index in [1.54, 1.807) is 0 Å². The highest BCUT2D eigenvalue weighted by Crippen LogP contribution is 2.48. The number of nitrogens with zero attached hydrogens (tertiary/aromatic N) is 1. The Balaban J connectivity index is 1.52. The molecule has 1 saturated carbocycles. The van der Waals surface area contributed by atoms with Crippen molar-refractivity contribution < 1.29 is 9.53 Å². The van der Waals surface area contributed by atoms with Crippen molar-refractivity contribution in [1.82, 2.24) is 15.5 Å². The molecule has 2 fully saturated rings. The van der Waals surface area contributed by atoms with E-state index in [4.69, 9.17) is 4.74 Å². The van der Waals surface area contributed by atoms with Gasteiger partial charge >= 0.3 is 6.09 Å². The summed E-state index contributed by atoms with van der Waals surface area (Å²) in [7, 11) is 0. The van der Waals surface area contributed by atoms with Crippen LogP contribution >= 0.6 is 0 Å². The number of fused-ring (bicyclic) bond motifs is 2. The first-order valence-corrected chi connectivity index (χ1v) is 9.39. The Hall–Kier alpha value is -1.59. The monoisotopic (exact) mass is 343 g/mol. The molecule has 2 N–H and O–H groups in total. The van der Waals surface area contributed by atoms with Crippen molar-refractivity contribution in [2.75, 3.05) is 13.2 Å². The Bertz CT molecular complexity index is 672. The third-order valence-electron chi connectivity index (χ3n) is 6.09. The van der Waals surface area contributed by atoms with Gasteiger partial charge in [-0.2, -0.15) is 0 Å². The van der Waals surface area contributed by atoms with E-state index < -0.39 is 5.60 Å². The Morgan fingerprint density at radius 3 is 2.60 bits per heavy atom. The van der Waals surface area contributed by atoms with Crippen molar-refractivity contribution in [3.63, 3.8) is 0 Å². The summed E-state index contributed by atoms with van der Waals surface area (Å²) in [4.78, 5) is 14.6. The van der Waals surface area contributed by atoms with E-state index in [0.29, 0.717) is 6.67 Å². The predicted octanol–water partition coefficient (Wildman–Crippen LogP) is 3.10. The molecular weight excluding hydrogens is 314 g/mol. The van der Waals surface area contributed by atoms with Gasteiger partial charge in [-0.05, 0) is 57.6 Å². The highest BCUT2D eigenvalue weighted by atomic mass is 16.6. The smallest absolute Gasteiger partial charge is 0.411 e. The van der Waals surface area contributed by atoms with Gasteiger partial charge in [0.15, 0.2) is 0 Å². The molecule has 5 nitrogen and oxygen atoms in total. The summed E-state index contributed by atoms with van der Waals surface area (Å²) in [6, 6.07) is 8.76. The summed E-state index contributed by atoms with van der Waals surface area (Å²) >= 11 is 0. The molecule has 0 bridgehead atoms. The Kier molecular flexibility index (Phi) is 3.85. The van der Waals surface area contributed by atoms with Crippen molar-refractivity contribution in [3.05, 3.63) is 35.4 Å². The van der Waals surface area contributed by atoms with Crippen LogP contribution in [0.4, 0.5) is 4.79 Å². The zero-order chi connectivity index (χ0) is 17.7. The number of nitrogens with one attached hydrogen (secondary N) is 2. The van der Waals surface area contributed by atoms with Crippen LogP contribution in [-0.2, 0) is 16.8 Å². The van der Waals surface area contributed by atoms with Crippen molar-refractivity contribution in [2.24, 2.45) is 0 Å². The summed E-state index contributed by atoms with van der Waals surface area (Å²) < 4.78 is 5.65. The molecule has 136 valence electrons. The third-order valence-corrected chi connectivity index (χ3v) is 6.09. The normalized spacial score (nSPS) is 31.6. The molecule has 2 aliphatic heterocycles.